The molecule has 0 radical (unpaired) electrons. The summed E-state index contributed by atoms with van der Waals surface area (Å²) in [6.45, 7) is 0. The molecule has 0 aliphatic rings. The number of pyridine rings is 2. The van der Waals surface area contributed by atoms with Crippen LogP contribution in [0.25, 0.3) is 16.7 Å². The molecule has 0 aromatic carbocycles. The molecule has 25 heavy (non-hydrogen) atoms. The third-order valence-corrected chi connectivity index (χ3v) is 3.62. The maximum Gasteiger partial charge on any atom is 0.276 e. The zero-order valence-electron chi connectivity index (χ0n) is 12.8. The molecular weight excluding hydrogens is 322 g/mol. The quantitative estimate of drug-likeness (QED) is 0.576. The molecule has 0 bridgehead atoms. The third-order valence-electron chi connectivity index (χ3n) is 3.62. The fraction of sp³-hybridized carbons (Fsp3) is 0. The number of aldehydes is 1. The van der Waals surface area contributed by atoms with E-state index in [2.05, 4.69) is 20.4 Å². The fourth-order valence-corrected chi connectivity index (χ4v) is 2.43. The van der Waals surface area contributed by atoms with Crippen LogP contribution in [0, 0.1) is 0 Å². The molecule has 122 valence electrons. The van der Waals surface area contributed by atoms with Gasteiger partial charge >= 0.3 is 0 Å². The number of amides is 1. The minimum Gasteiger partial charge on any atom is -0.338 e. The molecular formula is C17H11N5O3. The van der Waals surface area contributed by atoms with E-state index in [-0.39, 0.29) is 11.6 Å². The number of aromatic nitrogens is 4. The summed E-state index contributed by atoms with van der Waals surface area (Å²) in [4.78, 5) is 31.4. The average molecular weight is 333 g/mol. The highest BCUT2D eigenvalue weighted by molar-refractivity contribution is 6.02. The van der Waals surface area contributed by atoms with Crippen molar-refractivity contribution in [3.8, 4) is 5.69 Å². The monoisotopic (exact) mass is 333 g/mol. The summed E-state index contributed by atoms with van der Waals surface area (Å²) in [5.74, 6) is -0.142. The molecule has 8 heteroatoms. The van der Waals surface area contributed by atoms with Gasteiger partial charge in [-0.3, -0.25) is 19.5 Å². The molecule has 0 fully saturated rings. The second-order valence-corrected chi connectivity index (χ2v) is 5.22. The van der Waals surface area contributed by atoms with Crippen molar-refractivity contribution >= 4 is 29.1 Å². The summed E-state index contributed by atoms with van der Waals surface area (Å²) in [7, 11) is 0. The Hall–Kier alpha value is -3.81. The molecule has 4 aromatic rings. The van der Waals surface area contributed by atoms with Gasteiger partial charge in [0, 0.05) is 29.4 Å². The number of carbonyl (C=O) groups excluding carboxylic acids is 2. The van der Waals surface area contributed by atoms with Gasteiger partial charge in [0.1, 0.15) is 11.3 Å². The topological polar surface area (TPSA) is 103 Å². The van der Waals surface area contributed by atoms with Gasteiger partial charge in [0.05, 0.1) is 18.1 Å². The van der Waals surface area contributed by atoms with Crippen molar-refractivity contribution in [1.82, 2.24) is 19.7 Å². The summed E-state index contributed by atoms with van der Waals surface area (Å²) in [6.07, 6.45) is 7.11. The predicted octanol–water partition coefficient (Wildman–Crippen LogP) is 2.47. The number of fused-ring (bicyclic) bond motifs is 1. The van der Waals surface area contributed by atoms with Gasteiger partial charge in [-0.1, -0.05) is 5.16 Å². The molecule has 4 rings (SSSR count). The lowest BCUT2D eigenvalue weighted by atomic mass is 10.2. The lowest BCUT2D eigenvalue weighted by molar-refractivity contribution is 0.101. The van der Waals surface area contributed by atoms with Crippen LogP contribution >= 0.6 is 0 Å². The molecule has 4 aromatic heterocycles. The molecule has 0 aliphatic carbocycles. The van der Waals surface area contributed by atoms with Crippen LogP contribution in [0.4, 0.5) is 5.88 Å². The van der Waals surface area contributed by atoms with Crippen LogP contribution < -0.4 is 5.32 Å². The first-order valence-corrected chi connectivity index (χ1v) is 7.35. The van der Waals surface area contributed by atoms with Crippen LogP contribution in [0.5, 0.6) is 0 Å². The summed E-state index contributed by atoms with van der Waals surface area (Å²) >= 11 is 0. The van der Waals surface area contributed by atoms with Crippen molar-refractivity contribution in [2.45, 2.75) is 0 Å². The van der Waals surface area contributed by atoms with E-state index in [4.69, 9.17) is 4.52 Å². The molecule has 4 heterocycles. The van der Waals surface area contributed by atoms with Gasteiger partial charge in [0.15, 0.2) is 6.29 Å². The highest BCUT2D eigenvalue weighted by Gasteiger charge is 2.11. The Morgan fingerprint density at radius 3 is 2.80 bits per heavy atom. The normalized spacial score (nSPS) is 10.7. The van der Waals surface area contributed by atoms with Gasteiger partial charge in [0.25, 0.3) is 5.91 Å². The lowest BCUT2D eigenvalue weighted by Gasteiger charge is -2.06. The van der Waals surface area contributed by atoms with Gasteiger partial charge < -0.3 is 4.52 Å². The number of anilines is 1. The van der Waals surface area contributed by atoms with Gasteiger partial charge in [-0.15, -0.1) is 0 Å². The first-order valence-electron chi connectivity index (χ1n) is 7.35. The minimum atomic E-state index is -0.394. The molecule has 0 aliphatic heterocycles. The van der Waals surface area contributed by atoms with E-state index < -0.39 is 5.91 Å². The van der Waals surface area contributed by atoms with Gasteiger partial charge in [0.2, 0.25) is 5.88 Å². The number of nitrogens with one attached hydrogen (secondary N) is 1. The van der Waals surface area contributed by atoms with Crippen LogP contribution in [-0.2, 0) is 0 Å². The molecule has 0 saturated heterocycles. The van der Waals surface area contributed by atoms with Crippen LogP contribution in [0.2, 0.25) is 0 Å². The van der Waals surface area contributed by atoms with Crippen molar-refractivity contribution in [3.63, 3.8) is 0 Å². The summed E-state index contributed by atoms with van der Waals surface area (Å²) in [5.41, 5.74) is 2.21. The van der Waals surface area contributed by atoms with Crippen molar-refractivity contribution in [2.75, 3.05) is 5.32 Å². The SMILES string of the molecule is O=Cc1cnc2c(ccn2-c2ccc(C(=O)Nc3ccno3)nc2)c1. The van der Waals surface area contributed by atoms with Crippen molar-refractivity contribution in [3.05, 3.63) is 66.4 Å². The Morgan fingerprint density at radius 2 is 2.08 bits per heavy atom. The molecule has 8 nitrogen and oxygen atoms in total. The molecule has 0 spiro atoms. The molecule has 0 atom stereocenters. The van der Waals surface area contributed by atoms with E-state index in [9.17, 15) is 9.59 Å². The van der Waals surface area contributed by atoms with E-state index in [0.29, 0.717) is 11.2 Å². The Labute approximate surface area is 141 Å². The second kappa shape index (κ2) is 6.00. The molecule has 1 amide bonds. The second-order valence-electron chi connectivity index (χ2n) is 5.22. The van der Waals surface area contributed by atoms with Crippen LogP contribution in [0.1, 0.15) is 20.8 Å². The molecule has 0 unspecified atom stereocenters. The van der Waals surface area contributed by atoms with Crippen LogP contribution in [-0.4, -0.2) is 31.9 Å². The molecule has 1 N–H and O–H groups in total. The third kappa shape index (κ3) is 2.76. The van der Waals surface area contributed by atoms with Crippen molar-refractivity contribution in [1.29, 1.82) is 0 Å². The summed E-state index contributed by atoms with van der Waals surface area (Å²) < 4.78 is 6.66. The zero-order valence-corrected chi connectivity index (χ0v) is 12.8. The first kappa shape index (κ1) is 14.8. The van der Waals surface area contributed by atoms with Crippen LogP contribution in [0.15, 0.2) is 59.6 Å². The Kier molecular flexibility index (Phi) is 3.55. The highest BCUT2D eigenvalue weighted by Crippen LogP contribution is 2.19. The highest BCUT2D eigenvalue weighted by atomic mass is 16.5. The zero-order chi connectivity index (χ0) is 17.2. The smallest absolute Gasteiger partial charge is 0.276 e. The minimum absolute atomic E-state index is 0.243. The first-order chi connectivity index (χ1) is 12.2. The van der Waals surface area contributed by atoms with Gasteiger partial charge in [-0.05, 0) is 24.3 Å². The average Bonchev–Trinajstić information content (AvgIpc) is 3.30. The number of carbonyl (C=O) groups is 2. The largest absolute Gasteiger partial charge is 0.338 e. The van der Waals surface area contributed by atoms with E-state index in [1.165, 1.54) is 18.5 Å². The number of hydrogen-bond acceptors (Lipinski definition) is 6. The van der Waals surface area contributed by atoms with E-state index in [1.807, 2.05) is 16.8 Å². The van der Waals surface area contributed by atoms with Gasteiger partial charge in [-0.25, -0.2) is 9.97 Å². The van der Waals surface area contributed by atoms with Crippen molar-refractivity contribution < 1.29 is 14.1 Å². The number of hydrogen-bond donors (Lipinski definition) is 1. The van der Waals surface area contributed by atoms with E-state index in [0.717, 1.165) is 17.4 Å². The number of rotatable bonds is 4. The fourth-order valence-electron chi connectivity index (χ4n) is 2.43. The van der Waals surface area contributed by atoms with E-state index in [1.54, 1.807) is 24.4 Å². The Balaban J connectivity index is 1.62. The maximum absolute atomic E-state index is 12.1. The summed E-state index contributed by atoms with van der Waals surface area (Å²) in [5, 5.41) is 6.91. The summed E-state index contributed by atoms with van der Waals surface area (Å²) in [6, 6.07) is 8.53. The Bertz CT molecular complexity index is 1050. The standard InChI is InChI=1S/C17H11N5O3/c23-10-11-7-12-4-6-22(16(12)19-8-11)13-1-2-14(18-9-13)17(24)21-15-3-5-20-25-15/h1-10H,(H,21,24). The van der Waals surface area contributed by atoms with Gasteiger partial charge in [-0.2, -0.15) is 0 Å². The number of nitrogens with zero attached hydrogens (tertiary/aromatic N) is 4. The lowest BCUT2D eigenvalue weighted by Crippen LogP contribution is -2.13. The van der Waals surface area contributed by atoms with E-state index >= 15 is 0 Å². The Morgan fingerprint density at radius 1 is 1.16 bits per heavy atom. The van der Waals surface area contributed by atoms with Crippen LogP contribution in [0.3, 0.4) is 0 Å². The maximum atomic E-state index is 12.1. The molecule has 0 saturated carbocycles. The predicted molar refractivity (Wildman–Crippen MR) is 88.7 cm³/mol. The van der Waals surface area contributed by atoms with Crippen molar-refractivity contribution in [2.24, 2.45) is 0 Å².